The summed E-state index contributed by atoms with van der Waals surface area (Å²) in [5.41, 5.74) is 0.794. The van der Waals surface area contributed by atoms with Gasteiger partial charge in [0.2, 0.25) is 0 Å². The first-order chi connectivity index (χ1) is 12.1. The molecule has 1 N–H and O–H groups in total. The van der Waals surface area contributed by atoms with E-state index in [0.717, 1.165) is 18.5 Å². The zero-order chi connectivity index (χ0) is 17.8. The number of hydrogen-bond acceptors (Lipinski definition) is 6. The Kier molecular flexibility index (Phi) is 7.28. The van der Waals surface area contributed by atoms with Crippen LogP contribution in [-0.4, -0.2) is 52.0 Å². The van der Waals surface area contributed by atoms with Crippen molar-refractivity contribution in [3.8, 4) is 11.5 Å². The van der Waals surface area contributed by atoms with Crippen LogP contribution >= 0.6 is 12.4 Å². The number of carbonyl (C=O) groups excluding carboxylic acids is 1. The summed E-state index contributed by atoms with van der Waals surface area (Å²) in [6, 6.07) is 4.45. The van der Waals surface area contributed by atoms with E-state index >= 15 is 0 Å². The van der Waals surface area contributed by atoms with Crippen molar-refractivity contribution in [3.05, 3.63) is 18.2 Å². The van der Waals surface area contributed by atoms with Crippen LogP contribution in [0.1, 0.15) is 12.8 Å². The lowest BCUT2D eigenvalue weighted by Crippen LogP contribution is -2.54. The summed E-state index contributed by atoms with van der Waals surface area (Å²) in [4.78, 5) is 13.7. The van der Waals surface area contributed by atoms with Crippen molar-refractivity contribution in [1.82, 2.24) is 5.32 Å². The number of rotatable bonds is 7. The molecule has 0 unspecified atom stereocenters. The summed E-state index contributed by atoms with van der Waals surface area (Å²) in [5, 5.41) is 3.10. The Morgan fingerprint density at radius 2 is 2.12 bits per heavy atom. The quantitative estimate of drug-likeness (QED) is 0.719. The van der Waals surface area contributed by atoms with Gasteiger partial charge in [-0.3, -0.25) is 4.79 Å². The van der Waals surface area contributed by atoms with E-state index in [-0.39, 0.29) is 24.1 Å². The third kappa shape index (κ3) is 5.35. The summed E-state index contributed by atoms with van der Waals surface area (Å²) in [6.07, 6.45) is 2.20. The number of esters is 1. The molecule has 2 fully saturated rings. The molecule has 0 bridgehead atoms. The fourth-order valence-corrected chi connectivity index (χ4v) is 2.78. The summed E-state index contributed by atoms with van der Waals surface area (Å²) in [5.74, 6) is 0.496. The normalized spacial score (nSPS) is 19.7. The maximum absolute atomic E-state index is 12.6. The van der Waals surface area contributed by atoms with Crippen LogP contribution in [0.2, 0.25) is 0 Å². The number of alkyl halides is 2. The minimum Gasteiger partial charge on any atom is -0.489 e. The first kappa shape index (κ1) is 20.5. The number of piperazine rings is 1. The summed E-state index contributed by atoms with van der Waals surface area (Å²) >= 11 is 0. The first-order valence-electron chi connectivity index (χ1n) is 8.34. The van der Waals surface area contributed by atoms with Gasteiger partial charge < -0.3 is 24.4 Å². The number of carbonyl (C=O) groups is 1. The molecule has 0 spiro atoms. The average Bonchev–Trinajstić information content (AvgIpc) is 3.44. The zero-order valence-corrected chi connectivity index (χ0v) is 15.3. The highest BCUT2D eigenvalue weighted by molar-refractivity contribution is 5.85. The molecule has 1 heterocycles. The van der Waals surface area contributed by atoms with Gasteiger partial charge in [0.25, 0.3) is 0 Å². The van der Waals surface area contributed by atoms with Gasteiger partial charge in [-0.1, -0.05) is 0 Å². The fraction of sp³-hybridized carbons (Fsp3) is 0.588. The van der Waals surface area contributed by atoms with E-state index in [4.69, 9.17) is 9.47 Å². The van der Waals surface area contributed by atoms with E-state index in [1.807, 2.05) is 4.90 Å². The molecule has 1 aromatic rings. The Hall–Kier alpha value is -1.80. The number of halogens is 3. The lowest BCUT2D eigenvalue weighted by Gasteiger charge is -2.34. The fourth-order valence-electron chi connectivity index (χ4n) is 2.78. The van der Waals surface area contributed by atoms with Gasteiger partial charge in [-0.25, -0.2) is 0 Å². The molecule has 0 aromatic heterocycles. The summed E-state index contributed by atoms with van der Waals surface area (Å²) in [6.45, 7) is -0.672. The number of nitrogens with one attached hydrogen (secondary N) is 1. The molecule has 0 amide bonds. The van der Waals surface area contributed by atoms with Crippen molar-refractivity contribution in [2.24, 2.45) is 5.92 Å². The molecule has 9 heteroatoms. The van der Waals surface area contributed by atoms with Crippen molar-refractivity contribution in [2.45, 2.75) is 25.5 Å². The molecule has 146 valence electrons. The molecule has 1 atom stereocenters. The number of ether oxygens (including phenoxy) is 3. The molecular weight excluding hydrogens is 370 g/mol. The summed E-state index contributed by atoms with van der Waals surface area (Å²) in [7, 11) is 1.35. The van der Waals surface area contributed by atoms with Gasteiger partial charge >= 0.3 is 12.6 Å². The largest absolute Gasteiger partial charge is 0.489 e. The Labute approximate surface area is 157 Å². The highest BCUT2D eigenvalue weighted by atomic mass is 35.5. The van der Waals surface area contributed by atoms with E-state index < -0.39 is 12.7 Å². The van der Waals surface area contributed by atoms with Gasteiger partial charge in [-0.15, -0.1) is 12.4 Å². The number of hydrogen-bond donors (Lipinski definition) is 1. The Morgan fingerprint density at radius 3 is 2.77 bits per heavy atom. The van der Waals surface area contributed by atoms with Crippen LogP contribution in [-0.2, 0) is 9.53 Å². The van der Waals surface area contributed by atoms with E-state index in [2.05, 4.69) is 10.1 Å². The van der Waals surface area contributed by atoms with E-state index in [1.54, 1.807) is 12.1 Å². The molecular formula is C17H23ClF2N2O4. The van der Waals surface area contributed by atoms with Crippen LogP contribution in [0.5, 0.6) is 11.5 Å². The molecule has 1 aromatic carbocycles. The van der Waals surface area contributed by atoms with Crippen LogP contribution in [0.3, 0.4) is 0 Å². The van der Waals surface area contributed by atoms with Gasteiger partial charge in [-0.2, -0.15) is 8.78 Å². The number of anilines is 1. The SMILES string of the molecule is COC(=O)[C@@H]1CN(c2ccc(OC(F)F)c(OCC3CC3)c2)CCN1.Cl. The molecule has 1 saturated carbocycles. The minimum absolute atomic E-state index is 0. The second-order valence-corrected chi connectivity index (χ2v) is 6.24. The lowest BCUT2D eigenvalue weighted by atomic mass is 10.1. The van der Waals surface area contributed by atoms with Crippen LogP contribution in [0.25, 0.3) is 0 Å². The second-order valence-electron chi connectivity index (χ2n) is 6.24. The number of benzene rings is 1. The van der Waals surface area contributed by atoms with Gasteiger partial charge in [-0.05, 0) is 30.9 Å². The molecule has 1 saturated heterocycles. The molecule has 1 aliphatic heterocycles. The molecule has 6 nitrogen and oxygen atoms in total. The Bertz CT molecular complexity index is 616. The van der Waals surface area contributed by atoms with E-state index in [0.29, 0.717) is 37.9 Å². The highest BCUT2D eigenvalue weighted by Gasteiger charge is 2.27. The smallest absolute Gasteiger partial charge is 0.387 e. The monoisotopic (exact) mass is 392 g/mol. The zero-order valence-electron chi connectivity index (χ0n) is 14.5. The van der Waals surface area contributed by atoms with Crippen molar-refractivity contribution in [3.63, 3.8) is 0 Å². The predicted octanol–water partition coefficient (Wildman–Crippen LogP) is 2.45. The molecule has 2 aliphatic rings. The minimum atomic E-state index is -2.91. The van der Waals surface area contributed by atoms with Crippen LogP contribution in [0.4, 0.5) is 14.5 Å². The topological polar surface area (TPSA) is 60.0 Å². The van der Waals surface area contributed by atoms with E-state index in [9.17, 15) is 13.6 Å². The van der Waals surface area contributed by atoms with Crippen molar-refractivity contribution < 1.29 is 27.8 Å². The average molecular weight is 393 g/mol. The highest BCUT2D eigenvalue weighted by Crippen LogP contribution is 2.36. The molecule has 1 aliphatic carbocycles. The number of methoxy groups -OCH3 is 1. The van der Waals surface area contributed by atoms with Gasteiger partial charge in [0, 0.05) is 31.4 Å². The van der Waals surface area contributed by atoms with Crippen LogP contribution in [0.15, 0.2) is 18.2 Å². The van der Waals surface area contributed by atoms with Crippen LogP contribution in [0, 0.1) is 5.92 Å². The molecule has 3 rings (SSSR count). The molecule has 0 radical (unpaired) electrons. The third-order valence-electron chi connectivity index (χ3n) is 4.34. The summed E-state index contributed by atoms with van der Waals surface area (Å²) < 4.78 is 40.2. The van der Waals surface area contributed by atoms with Crippen LogP contribution < -0.4 is 19.7 Å². The first-order valence-corrected chi connectivity index (χ1v) is 8.34. The van der Waals surface area contributed by atoms with Crippen molar-refractivity contribution >= 4 is 24.1 Å². The lowest BCUT2D eigenvalue weighted by molar-refractivity contribution is -0.143. The maximum atomic E-state index is 12.6. The third-order valence-corrected chi connectivity index (χ3v) is 4.34. The number of nitrogens with zero attached hydrogens (tertiary/aromatic N) is 1. The van der Waals surface area contributed by atoms with Gasteiger partial charge in [0.15, 0.2) is 11.5 Å². The van der Waals surface area contributed by atoms with E-state index in [1.165, 1.54) is 13.2 Å². The Balaban J connectivity index is 0.00000243. The standard InChI is InChI=1S/C17H22F2N2O4.ClH/c1-23-16(22)13-9-21(7-6-20-13)12-4-5-14(25-17(18)19)15(8-12)24-10-11-2-3-11;/h4-5,8,11,13,17,20H,2-3,6-7,9-10H2,1H3;1H/t13-;/m0./s1. The van der Waals surface area contributed by atoms with Crippen molar-refractivity contribution in [2.75, 3.05) is 38.3 Å². The Morgan fingerprint density at radius 1 is 1.35 bits per heavy atom. The second kappa shape index (κ2) is 9.23. The van der Waals surface area contributed by atoms with Crippen molar-refractivity contribution in [1.29, 1.82) is 0 Å². The van der Waals surface area contributed by atoms with Gasteiger partial charge in [0.05, 0.1) is 13.7 Å². The predicted molar refractivity (Wildman–Crippen MR) is 94.6 cm³/mol. The van der Waals surface area contributed by atoms with Gasteiger partial charge in [0.1, 0.15) is 6.04 Å². The maximum Gasteiger partial charge on any atom is 0.387 e. The molecule has 26 heavy (non-hydrogen) atoms.